The molecule has 3 rings (SSSR count). The van der Waals surface area contributed by atoms with Crippen LogP contribution in [-0.2, 0) is 16.1 Å². The van der Waals surface area contributed by atoms with Crippen molar-refractivity contribution in [2.75, 3.05) is 13.1 Å². The zero-order valence-electron chi connectivity index (χ0n) is 19.4. The maximum atomic E-state index is 13.4. The highest BCUT2D eigenvalue weighted by molar-refractivity contribution is 5.91. The van der Waals surface area contributed by atoms with Gasteiger partial charge in [0.25, 0.3) is 0 Å². The Labute approximate surface area is 190 Å². The minimum absolute atomic E-state index is 0.0134. The number of ether oxygens (including phenoxy) is 1. The average molecular weight is 445 g/mol. The van der Waals surface area contributed by atoms with Crippen molar-refractivity contribution in [2.24, 2.45) is 0 Å². The third-order valence-corrected chi connectivity index (χ3v) is 6.02. The molecule has 1 aliphatic carbocycles. The molecule has 8 heteroatoms. The lowest BCUT2D eigenvalue weighted by atomic mass is 9.93. The molecule has 2 fully saturated rings. The Bertz CT molecular complexity index is 792. The number of benzene rings is 1. The fraction of sp³-hybridized carbons (Fsp3) is 0.625. The van der Waals surface area contributed by atoms with Gasteiger partial charge in [-0.15, -0.1) is 0 Å². The molecule has 1 saturated carbocycles. The smallest absolute Gasteiger partial charge is 0.407 e. The van der Waals surface area contributed by atoms with E-state index in [1.807, 2.05) is 56.0 Å². The molecule has 1 aromatic rings. The molecule has 1 aliphatic heterocycles. The van der Waals surface area contributed by atoms with Crippen LogP contribution in [0.3, 0.4) is 0 Å². The molecule has 0 aromatic heterocycles. The molecule has 4 amide bonds. The summed E-state index contributed by atoms with van der Waals surface area (Å²) >= 11 is 0. The first-order valence-electron chi connectivity index (χ1n) is 11.6. The Morgan fingerprint density at radius 3 is 2.28 bits per heavy atom. The Morgan fingerprint density at radius 2 is 1.69 bits per heavy atom. The van der Waals surface area contributed by atoms with Gasteiger partial charge in [0.15, 0.2) is 0 Å². The molecule has 0 spiro atoms. The number of nitrogens with one attached hydrogen (secondary N) is 3. The molecule has 0 radical (unpaired) electrons. The van der Waals surface area contributed by atoms with E-state index in [-0.39, 0.29) is 18.0 Å². The molecule has 2 aliphatic rings. The van der Waals surface area contributed by atoms with Crippen LogP contribution in [0.1, 0.15) is 64.9 Å². The number of alkyl carbamates (subject to hydrolysis) is 1. The van der Waals surface area contributed by atoms with Crippen LogP contribution < -0.4 is 16.0 Å². The average Bonchev–Trinajstić information content (AvgIpc) is 3.21. The number of amides is 4. The van der Waals surface area contributed by atoms with Crippen molar-refractivity contribution in [2.45, 2.75) is 83.0 Å². The lowest BCUT2D eigenvalue weighted by Gasteiger charge is -2.39. The summed E-state index contributed by atoms with van der Waals surface area (Å²) in [5, 5.41) is 8.77. The number of rotatable bonds is 5. The molecule has 0 unspecified atom stereocenters. The van der Waals surface area contributed by atoms with Gasteiger partial charge in [0.2, 0.25) is 5.91 Å². The molecule has 0 bridgehead atoms. The zero-order chi connectivity index (χ0) is 23.2. The topological polar surface area (TPSA) is 99.8 Å². The highest BCUT2D eigenvalue weighted by atomic mass is 16.6. The maximum absolute atomic E-state index is 13.4. The number of urea groups is 1. The highest BCUT2D eigenvalue weighted by Crippen LogP contribution is 2.32. The van der Waals surface area contributed by atoms with Crippen molar-refractivity contribution in [3.63, 3.8) is 0 Å². The van der Waals surface area contributed by atoms with Crippen LogP contribution in [0.2, 0.25) is 0 Å². The molecule has 8 nitrogen and oxygen atoms in total. The van der Waals surface area contributed by atoms with Crippen molar-refractivity contribution in [3.8, 4) is 0 Å². The molecule has 1 heterocycles. The summed E-state index contributed by atoms with van der Waals surface area (Å²) in [6.07, 6.45) is 4.05. The van der Waals surface area contributed by atoms with Crippen LogP contribution in [0.25, 0.3) is 0 Å². The molecule has 1 aromatic carbocycles. The fourth-order valence-corrected chi connectivity index (χ4v) is 4.41. The quantitative estimate of drug-likeness (QED) is 0.649. The number of nitrogens with zero attached hydrogens (tertiary/aromatic N) is 1. The number of carbonyl (C=O) groups is 3. The second-order valence-corrected chi connectivity index (χ2v) is 9.80. The normalized spacial score (nSPS) is 18.7. The van der Waals surface area contributed by atoms with E-state index in [1.54, 1.807) is 0 Å². The summed E-state index contributed by atoms with van der Waals surface area (Å²) in [7, 11) is 0. The molecular weight excluding hydrogens is 408 g/mol. The Hall–Kier alpha value is -2.77. The van der Waals surface area contributed by atoms with Crippen molar-refractivity contribution in [3.05, 3.63) is 35.9 Å². The summed E-state index contributed by atoms with van der Waals surface area (Å²) < 4.78 is 5.33. The van der Waals surface area contributed by atoms with Gasteiger partial charge in [-0.25, -0.2) is 9.59 Å². The third kappa shape index (κ3) is 6.61. The van der Waals surface area contributed by atoms with Gasteiger partial charge in [-0.3, -0.25) is 4.79 Å². The Balaban J connectivity index is 1.51. The van der Waals surface area contributed by atoms with Crippen molar-refractivity contribution >= 4 is 18.0 Å². The standard InChI is InChI=1S/C24H36N4O4/c1-23(2,3)32-22(31)26-19-11-15-28(16-12-19)20(29)24(13-7-8-14-24)27-21(30)25-17-18-9-5-4-6-10-18/h4-6,9-10,19H,7-8,11-17H2,1-3H3,(H,26,31)(H2,25,27,30). The van der Waals surface area contributed by atoms with E-state index >= 15 is 0 Å². The summed E-state index contributed by atoms with van der Waals surface area (Å²) in [6, 6.07) is 9.36. The molecule has 0 atom stereocenters. The molecule has 1 saturated heterocycles. The number of carbonyl (C=O) groups excluding carboxylic acids is 3. The van der Waals surface area contributed by atoms with E-state index in [9.17, 15) is 14.4 Å². The maximum Gasteiger partial charge on any atom is 0.407 e. The van der Waals surface area contributed by atoms with Crippen molar-refractivity contribution < 1.29 is 19.1 Å². The van der Waals surface area contributed by atoms with Gasteiger partial charge in [-0.05, 0) is 52.0 Å². The summed E-state index contributed by atoms with van der Waals surface area (Å²) in [5.41, 5.74) is -0.372. The van der Waals surface area contributed by atoms with E-state index in [4.69, 9.17) is 4.74 Å². The van der Waals surface area contributed by atoms with Crippen LogP contribution in [0.5, 0.6) is 0 Å². The summed E-state index contributed by atoms with van der Waals surface area (Å²) in [4.78, 5) is 39.9. The van der Waals surface area contributed by atoms with Gasteiger partial charge in [-0.1, -0.05) is 43.2 Å². The molecular formula is C24H36N4O4. The SMILES string of the molecule is CC(C)(C)OC(=O)NC1CCN(C(=O)C2(NC(=O)NCc3ccccc3)CCCC2)CC1. The van der Waals surface area contributed by atoms with E-state index in [0.29, 0.717) is 45.3 Å². The number of hydrogen-bond acceptors (Lipinski definition) is 4. The van der Waals surface area contributed by atoms with E-state index in [1.165, 1.54) is 0 Å². The number of likely N-dealkylation sites (tertiary alicyclic amines) is 1. The van der Waals surface area contributed by atoms with E-state index in [2.05, 4.69) is 16.0 Å². The van der Waals surface area contributed by atoms with Crippen LogP contribution in [0.15, 0.2) is 30.3 Å². The summed E-state index contributed by atoms with van der Waals surface area (Å²) in [5.74, 6) is -0.0134. The first-order valence-corrected chi connectivity index (χ1v) is 11.6. The predicted molar refractivity (Wildman–Crippen MR) is 122 cm³/mol. The Kier molecular flexibility index (Phi) is 7.64. The first-order chi connectivity index (χ1) is 15.2. The second kappa shape index (κ2) is 10.2. The van der Waals surface area contributed by atoms with Crippen molar-refractivity contribution in [1.82, 2.24) is 20.9 Å². The van der Waals surface area contributed by atoms with Crippen molar-refractivity contribution in [1.29, 1.82) is 0 Å². The van der Waals surface area contributed by atoms with Gasteiger partial charge < -0.3 is 25.6 Å². The molecule has 176 valence electrons. The number of hydrogen-bond donors (Lipinski definition) is 3. The third-order valence-electron chi connectivity index (χ3n) is 6.02. The number of piperidine rings is 1. The van der Waals surface area contributed by atoms with Gasteiger partial charge in [0, 0.05) is 25.7 Å². The van der Waals surface area contributed by atoms with Gasteiger partial charge in [0.1, 0.15) is 11.1 Å². The Morgan fingerprint density at radius 1 is 1.06 bits per heavy atom. The molecule has 32 heavy (non-hydrogen) atoms. The van der Waals surface area contributed by atoms with Crippen LogP contribution in [-0.4, -0.2) is 53.2 Å². The zero-order valence-corrected chi connectivity index (χ0v) is 19.4. The van der Waals surface area contributed by atoms with Crippen LogP contribution in [0.4, 0.5) is 9.59 Å². The van der Waals surface area contributed by atoms with E-state index in [0.717, 1.165) is 18.4 Å². The second-order valence-electron chi connectivity index (χ2n) is 9.80. The van der Waals surface area contributed by atoms with Gasteiger partial charge in [-0.2, -0.15) is 0 Å². The largest absolute Gasteiger partial charge is 0.444 e. The van der Waals surface area contributed by atoms with Gasteiger partial charge in [0.05, 0.1) is 0 Å². The van der Waals surface area contributed by atoms with Gasteiger partial charge >= 0.3 is 12.1 Å². The first kappa shape index (κ1) is 23.9. The fourth-order valence-electron chi connectivity index (χ4n) is 4.41. The minimum Gasteiger partial charge on any atom is -0.444 e. The molecule has 3 N–H and O–H groups in total. The highest BCUT2D eigenvalue weighted by Gasteiger charge is 2.45. The summed E-state index contributed by atoms with van der Waals surface area (Å²) in [6.45, 7) is 7.01. The van der Waals surface area contributed by atoms with Crippen LogP contribution in [0, 0.1) is 0 Å². The lowest BCUT2D eigenvalue weighted by Crippen LogP contribution is -2.61. The lowest BCUT2D eigenvalue weighted by molar-refractivity contribution is -0.139. The minimum atomic E-state index is -0.841. The predicted octanol–water partition coefficient (Wildman–Crippen LogP) is 3.31. The van der Waals surface area contributed by atoms with E-state index < -0.39 is 17.2 Å². The monoisotopic (exact) mass is 444 g/mol. The van der Waals surface area contributed by atoms with Crippen LogP contribution >= 0.6 is 0 Å².